The van der Waals surface area contributed by atoms with E-state index in [0.29, 0.717) is 12.1 Å². The molecule has 2 N–H and O–H groups in total. The molecule has 4 rings (SSSR count). The highest BCUT2D eigenvalue weighted by atomic mass is 15.3. The zero-order valence-corrected chi connectivity index (χ0v) is 19.0. The van der Waals surface area contributed by atoms with Crippen molar-refractivity contribution in [3.8, 4) is 0 Å². The van der Waals surface area contributed by atoms with Crippen LogP contribution in [0.5, 0.6) is 0 Å². The van der Waals surface area contributed by atoms with Gasteiger partial charge in [0.05, 0.1) is 6.54 Å². The zero-order chi connectivity index (χ0) is 22.2. The molecule has 7 heteroatoms. The fourth-order valence-corrected chi connectivity index (χ4v) is 4.32. The van der Waals surface area contributed by atoms with E-state index in [-0.39, 0.29) is 0 Å². The van der Waals surface area contributed by atoms with Gasteiger partial charge in [-0.15, -0.1) is 0 Å². The highest BCUT2D eigenvalue weighted by molar-refractivity contribution is 5.80. The summed E-state index contributed by atoms with van der Waals surface area (Å²) >= 11 is 0. The molecule has 168 valence electrons. The molecule has 1 aliphatic heterocycles. The van der Waals surface area contributed by atoms with E-state index < -0.39 is 0 Å². The van der Waals surface area contributed by atoms with Crippen molar-refractivity contribution in [1.82, 2.24) is 30.3 Å². The van der Waals surface area contributed by atoms with Gasteiger partial charge in [0.15, 0.2) is 5.96 Å². The first-order chi connectivity index (χ1) is 15.7. The van der Waals surface area contributed by atoms with Gasteiger partial charge < -0.3 is 10.6 Å². The molecule has 1 fully saturated rings. The van der Waals surface area contributed by atoms with Crippen molar-refractivity contribution in [2.75, 3.05) is 13.6 Å². The number of rotatable bonds is 7. The molecule has 0 amide bonds. The maximum atomic E-state index is 4.45. The second-order valence-electron chi connectivity index (χ2n) is 8.51. The summed E-state index contributed by atoms with van der Waals surface area (Å²) in [6.07, 6.45) is 5.53. The van der Waals surface area contributed by atoms with E-state index in [1.165, 1.54) is 16.7 Å². The Hall–Kier alpha value is -3.19. The number of nitrogens with one attached hydrogen (secondary N) is 2. The standard InChI is InChI=1S/C25H33N7/c1-20-13-24(11-12-31(20)16-21-7-4-3-5-8-21)30-25(26-2)28-15-22-9-6-10-23(14-22)17-32-19-27-18-29-32/h3-10,14,18-20,24H,11-13,15-17H2,1-2H3,(H2,26,28,30). The van der Waals surface area contributed by atoms with E-state index in [1.807, 2.05) is 11.7 Å². The summed E-state index contributed by atoms with van der Waals surface area (Å²) in [6.45, 7) is 5.89. The van der Waals surface area contributed by atoms with Crippen LogP contribution in [0, 0.1) is 0 Å². The molecule has 0 spiro atoms. The Morgan fingerprint density at radius 1 is 1.06 bits per heavy atom. The van der Waals surface area contributed by atoms with Crippen molar-refractivity contribution in [2.45, 2.75) is 51.5 Å². The molecule has 2 heterocycles. The summed E-state index contributed by atoms with van der Waals surface area (Å²) in [5.74, 6) is 0.861. The van der Waals surface area contributed by atoms with Crippen LogP contribution < -0.4 is 10.6 Å². The quantitative estimate of drug-likeness (QED) is 0.445. The minimum Gasteiger partial charge on any atom is -0.354 e. The van der Waals surface area contributed by atoms with Gasteiger partial charge in [-0.05, 0) is 36.5 Å². The number of hydrogen-bond acceptors (Lipinski definition) is 4. The van der Waals surface area contributed by atoms with Gasteiger partial charge >= 0.3 is 0 Å². The van der Waals surface area contributed by atoms with Gasteiger partial charge in [0.2, 0.25) is 0 Å². The number of aromatic nitrogens is 3. The van der Waals surface area contributed by atoms with Gasteiger partial charge in [0.25, 0.3) is 0 Å². The summed E-state index contributed by atoms with van der Waals surface area (Å²) in [4.78, 5) is 11.0. The van der Waals surface area contributed by atoms with Gasteiger partial charge in [-0.2, -0.15) is 5.10 Å². The average molecular weight is 432 g/mol. The molecule has 0 saturated carbocycles. The molecular weight excluding hydrogens is 398 g/mol. The zero-order valence-electron chi connectivity index (χ0n) is 19.0. The van der Waals surface area contributed by atoms with Gasteiger partial charge in [-0.3, -0.25) is 9.89 Å². The molecule has 3 aromatic rings. The van der Waals surface area contributed by atoms with E-state index in [4.69, 9.17) is 0 Å². The van der Waals surface area contributed by atoms with E-state index in [2.05, 4.69) is 92.1 Å². The van der Waals surface area contributed by atoms with Crippen molar-refractivity contribution in [2.24, 2.45) is 4.99 Å². The maximum absolute atomic E-state index is 4.45. The average Bonchev–Trinajstić information content (AvgIpc) is 3.32. The summed E-state index contributed by atoms with van der Waals surface area (Å²) in [6, 6.07) is 20.2. The molecule has 0 radical (unpaired) electrons. The summed E-state index contributed by atoms with van der Waals surface area (Å²) in [5, 5.41) is 11.3. The smallest absolute Gasteiger partial charge is 0.191 e. The van der Waals surface area contributed by atoms with Crippen LogP contribution in [-0.4, -0.2) is 51.3 Å². The Balaban J connectivity index is 1.25. The molecule has 2 aromatic carbocycles. The second-order valence-corrected chi connectivity index (χ2v) is 8.51. The Kier molecular flexibility index (Phi) is 7.51. The Bertz CT molecular complexity index is 985. The predicted octanol–water partition coefficient (Wildman–Crippen LogP) is 3.04. The van der Waals surface area contributed by atoms with Crippen LogP contribution in [0.15, 0.2) is 72.2 Å². The Morgan fingerprint density at radius 3 is 2.62 bits per heavy atom. The normalized spacial score (nSPS) is 19.6. The molecular formula is C25H33N7. The monoisotopic (exact) mass is 431 g/mol. The summed E-state index contributed by atoms with van der Waals surface area (Å²) in [7, 11) is 1.84. The predicted molar refractivity (Wildman–Crippen MR) is 128 cm³/mol. The molecule has 32 heavy (non-hydrogen) atoms. The van der Waals surface area contributed by atoms with Crippen LogP contribution in [0.1, 0.15) is 36.5 Å². The fourth-order valence-electron chi connectivity index (χ4n) is 4.32. The SMILES string of the molecule is CN=C(NCc1cccc(Cn2cncn2)c1)NC1CCN(Cc2ccccc2)C(C)C1. The lowest BCUT2D eigenvalue weighted by molar-refractivity contribution is 0.134. The van der Waals surface area contributed by atoms with Gasteiger partial charge in [-0.1, -0.05) is 54.6 Å². The molecule has 7 nitrogen and oxygen atoms in total. The van der Waals surface area contributed by atoms with Crippen molar-refractivity contribution in [3.63, 3.8) is 0 Å². The lowest BCUT2D eigenvalue weighted by Crippen LogP contribution is -2.51. The molecule has 1 aliphatic rings. The third-order valence-electron chi connectivity index (χ3n) is 6.07. The maximum Gasteiger partial charge on any atom is 0.191 e. The topological polar surface area (TPSA) is 70.4 Å². The Labute approximate surface area is 190 Å². The highest BCUT2D eigenvalue weighted by Crippen LogP contribution is 2.20. The van der Waals surface area contributed by atoms with E-state index in [9.17, 15) is 0 Å². The van der Waals surface area contributed by atoms with Crippen LogP contribution in [-0.2, 0) is 19.6 Å². The second kappa shape index (κ2) is 10.9. The van der Waals surface area contributed by atoms with Crippen molar-refractivity contribution >= 4 is 5.96 Å². The van der Waals surface area contributed by atoms with Crippen LogP contribution >= 0.6 is 0 Å². The summed E-state index contributed by atoms with van der Waals surface area (Å²) < 4.78 is 1.83. The van der Waals surface area contributed by atoms with Crippen LogP contribution in [0.2, 0.25) is 0 Å². The van der Waals surface area contributed by atoms with Gasteiger partial charge in [-0.25, -0.2) is 9.67 Å². The van der Waals surface area contributed by atoms with Crippen LogP contribution in [0.25, 0.3) is 0 Å². The van der Waals surface area contributed by atoms with Gasteiger partial charge in [0.1, 0.15) is 12.7 Å². The van der Waals surface area contributed by atoms with Crippen molar-refractivity contribution in [3.05, 3.63) is 83.9 Å². The number of likely N-dealkylation sites (tertiary alicyclic amines) is 1. The van der Waals surface area contributed by atoms with Crippen molar-refractivity contribution in [1.29, 1.82) is 0 Å². The lowest BCUT2D eigenvalue weighted by Gasteiger charge is -2.38. The largest absolute Gasteiger partial charge is 0.354 e. The molecule has 1 saturated heterocycles. The Morgan fingerprint density at radius 2 is 1.88 bits per heavy atom. The number of piperidine rings is 1. The van der Waals surface area contributed by atoms with Crippen LogP contribution in [0.3, 0.4) is 0 Å². The van der Waals surface area contributed by atoms with E-state index in [1.54, 1.807) is 12.7 Å². The highest BCUT2D eigenvalue weighted by Gasteiger charge is 2.25. The number of nitrogens with zero attached hydrogens (tertiary/aromatic N) is 5. The third kappa shape index (κ3) is 6.17. The minimum atomic E-state index is 0.432. The molecule has 2 unspecified atom stereocenters. The number of aliphatic imine (C=N–C) groups is 1. The molecule has 0 aliphatic carbocycles. The first-order valence-corrected chi connectivity index (χ1v) is 11.3. The summed E-state index contributed by atoms with van der Waals surface area (Å²) in [5.41, 5.74) is 3.81. The lowest BCUT2D eigenvalue weighted by atomic mass is 9.97. The van der Waals surface area contributed by atoms with E-state index in [0.717, 1.165) is 45.0 Å². The van der Waals surface area contributed by atoms with Crippen molar-refractivity contribution < 1.29 is 0 Å². The van der Waals surface area contributed by atoms with Crippen LogP contribution in [0.4, 0.5) is 0 Å². The third-order valence-corrected chi connectivity index (χ3v) is 6.07. The molecule has 1 aromatic heterocycles. The number of hydrogen-bond donors (Lipinski definition) is 2. The first-order valence-electron chi connectivity index (χ1n) is 11.3. The van der Waals surface area contributed by atoms with Gasteiger partial charge in [0, 0.05) is 38.8 Å². The fraction of sp³-hybridized carbons (Fsp3) is 0.400. The molecule has 0 bridgehead atoms. The van der Waals surface area contributed by atoms with E-state index >= 15 is 0 Å². The first kappa shape index (κ1) is 22.0. The number of benzene rings is 2. The number of guanidine groups is 1. The molecule has 2 atom stereocenters. The minimum absolute atomic E-state index is 0.432.